The van der Waals surface area contributed by atoms with Gasteiger partial charge in [0.1, 0.15) is 12.4 Å². The van der Waals surface area contributed by atoms with Crippen molar-refractivity contribution >= 4 is 28.4 Å². The first-order valence-electron chi connectivity index (χ1n) is 6.17. The number of aromatic carboxylic acids is 1. The van der Waals surface area contributed by atoms with Crippen LogP contribution in [0, 0.1) is 0 Å². The van der Waals surface area contributed by atoms with E-state index < -0.39 is 16.8 Å². The van der Waals surface area contributed by atoms with Crippen molar-refractivity contribution in [3.05, 3.63) is 59.1 Å². The molecule has 0 aliphatic rings. The van der Waals surface area contributed by atoms with Gasteiger partial charge in [-0.1, -0.05) is 29.8 Å². The van der Waals surface area contributed by atoms with Gasteiger partial charge in [-0.25, -0.2) is 4.79 Å². The number of carbonyl (C=O) groups is 1. The maximum Gasteiger partial charge on any atom is 0.337 e. The Bertz CT molecular complexity index is 658. The number of carboxylic acid groups (broad SMARTS) is 1. The quantitative estimate of drug-likeness (QED) is 0.886. The van der Waals surface area contributed by atoms with Crippen molar-refractivity contribution in [2.75, 3.05) is 12.4 Å². The number of hydrogen-bond acceptors (Lipinski definition) is 3. The Balaban J connectivity index is 1.97. The number of hydrogen-bond donors (Lipinski definition) is 1. The third-order valence-electron chi connectivity index (χ3n) is 2.71. The average molecular weight is 325 g/mol. The highest BCUT2D eigenvalue weighted by Crippen LogP contribution is 2.20. The van der Waals surface area contributed by atoms with Gasteiger partial charge in [-0.2, -0.15) is 0 Å². The zero-order chi connectivity index (χ0) is 15.2. The van der Waals surface area contributed by atoms with Gasteiger partial charge < -0.3 is 9.84 Å². The van der Waals surface area contributed by atoms with Crippen LogP contribution in [0.4, 0.5) is 0 Å². The minimum atomic E-state index is -1.34. The molecule has 0 saturated carbocycles. The molecule has 2 aromatic rings. The number of benzene rings is 2. The van der Waals surface area contributed by atoms with Crippen LogP contribution in [0.25, 0.3) is 0 Å². The van der Waals surface area contributed by atoms with E-state index in [1.165, 1.54) is 12.1 Å². The first-order chi connectivity index (χ1) is 10.1. The van der Waals surface area contributed by atoms with Crippen molar-refractivity contribution < 1.29 is 18.8 Å². The second-order valence-electron chi connectivity index (χ2n) is 4.16. The van der Waals surface area contributed by atoms with Crippen molar-refractivity contribution in [2.24, 2.45) is 0 Å². The Hall–Kier alpha value is -1.85. The Kier molecular flexibility index (Phi) is 5.36. The van der Waals surface area contributed by atoms with E-state index in [1.54, 1.807) is 6.07 Å². The van der Waals surface area contributed by atoms with Crippen LogP contribution in [-0.2, 0) is 10.8 Å². The fourth-order valence-electron chi connectivity index (χ4n) is 1.68. The molecule has 1 atom stereocenters. The Morgan fingerprint density at radius 1 is 1.19 bits per heavy atom. The summed E-state index contributed by atoms with van der Waals surface area (Å²) in [6.07, 6.45) is 0. The van der Waals surface area contributed by atoms with Gasteiger partial charge in [-0.15, -0.1) is 0 Å². The third-order valence-corrected chi connectivity index (χ3v) is 4.36. The van der Waals surface area contributed by atoms with Crippen molar-refractivity contribution in [1.82, 2.24) is 0 Å². The number of para-hydroxylation sites is 1. The van der Waals surface area contributed by atoms with Crippen LogP contribution in [0.5, 0.6) is 5.75 Å². The lowest BCUT2D eigenvalue weighted by Gasteiger charge is -2.07. The lowest BCUT2D eigenvalue weighted by atomic mass is 10.2. The summed E-state index contributed by atoms with van der Waals surface area (Å²) in [7, 11) is -1.34. The molecule has 4 nitrogen and oxygen atoms in total. The Morgan fingerprint density at radius 2 is 1.90 bits per heavy atom. The van der Waals surface area contributed by atoms with Gasteiger partial charge in [0, 0.05) is 4.90 Å². The summed E-state index contributed by atoms with van der Waals surface area (Å²) >= 11 is 5.78. The van der Waals surface area contributed by atoms with Gasteiger partial charge in [0.2, 0.25) is 0 Å². The first kappa shape index (κ1) is 15.5. The summed E-state index contributed by atoms with van der Waals surface area (Å²) in [4.78, 5) is 11.4. The molecule has 0 fully saturated rings. The van der Waals surface area contributed by atoms with E-state index in [-0.39, 0.29) is 22.9 Å². The lowest BCUT2D eigenvalue weighted by Crippen LogP contribution is -2.09. The summed E-state index contributed by atoms with van der Waals surface area (Å²) in [5.74, 6) is -0.161. The summed E-state index contributed by atoms with van der Waals surface area (Å²) in [6, 6.07) is 13.6. The Morgan fingerprint density at radius 3 is 2.57 bits per heavy atom. The summed E-state index contributed by atoms with van der Waals surface area (Å²) in [5.41, 5.74) is -0.0495. The van der Waals surface area contributed by atoms with Gasteiger partial charge in [0.15, 0.2) is 0 Å². The van der Waals surface area contributed by atoms with Gasteiger partial charge in [-0.3, -0.25) is 4.21 Å². The molecule has 0 radical (unpaired) electrons. The molecular formula is C15H13ClO4S. The molecule has 0 amide bonds. The molecule has 0 heterocycles. The van der Waals surface area contributed by atoms with Crippen molar-refractivity contribution in [2.45, 2.75) is 4.90 Å². The first-order valence-corrected chi connectivity index (χ1v) is 7.86. The number of halogens is 1. The SMILES string of the molecule is O=C(O)c1cc(S(=O)CCOc2ccccc2)ccc1Cl. The van der Waals surface area contributed by atoms with Crippen LogP contribution in [0.1, 0.15) is 10.4 Å². The molecule has 0 aliphatic carbocycles. The zero-order valence-corrected chi connectivity index (χ0v) is 12.6. The Labute approximate surface area is 129 Å². The van der Waals surface area contributed by atoms with Crippen molar-refractivity contribution in [3.8, 4) is 5.75 Å². The zero-order valence-electron chi connectivity index (χ0n) is 11.0. The van der Waals surface area contributed by atoms with Crippen LogP contribution >= 0.6 is 11.6 Å². The topological polar surface area (TPSA) is 63.6 Å². The molecule has 21 heavy (non-hydrogen) atoms. The minimum Gasteiger partial charge on any atom is -0.493 e. The summed E-state index contributed by atoms with van der Waals surface area (Å²) < 4.78 is 17.6. The largest absolute Gasteiger partial charge is 0.493 e. The molecule has 0 aliphatic heterocycles. The van der Waals surface area contributed by atoms with E-state index in [4.69, 9.17) is 21.4 Å². The summed E-state index contributed by atoms with van der Waals surface area (Å²) in [5, 5.41) is 9.12. The molecule has 1 unspecified atom stereocenters. The fourth-order valence-corrected chi connectivity index (χ4v) is 2.82. The van der Waals surface area contributed by atoms with E-state index in [9.17, 15) is 9.00 Å². The molecule has 0 aromatic heterocycles. The smallest absolute Gasteiger partial charge is 0.337 e. The maximum absolute atomic E-state index is 12.1. The van der Waals surface area contributed by atoms with Crippen molar-refractivity contribution in [3.63, 3.8) is 0 Å². The molecule has 110 valence electrons. The van der Waals surface area contributed by atoms with Gasteiger partial charge >= 0.3 is 5.97 Å². The summed E-state index contributed by atoms with van der Waals surface area (Å²) in [6.45, 7) is 0.279. The third kappa shape index (κ3) is 4.31. The second kappa shape index (κ2) is 7.24. The van der Waals surface area contributed by atoms with Gasteiger partial charge in [0.05, 0.1) is 27.1 Å². The van der Waals surface area contributed by atoms with Gasteiger partial charge in [0.25, 0.3) is 0 Å². The van der Waals surface area contributed by atoms with E-state index in [2.05, 4.69) is 0 Å². The average Bonchev–Trinajstić information content (AvgIpc) is 2.48. The minimum absolute atomic E-state index is 0.0495. The van der Waals surface area contributed by atoms with E-state index >= 15 is 0 Å². The van der Waals surface area contributed by atoms with Gasteiger partial charge in [-0.05, 0) is 30.3 Å². The predicted molar refractivity (Wildman–Crippen MR) is 81.6 cm³/mol. The predicted octanol–water partition coefficient (Wildman–Crippen LogP) is 3.22. The molecule has 2 rings (SSSR count). The highest BCUT2D eigenvalue weighted by atomic mass is 35.5. The molecule has 6 heteroatoms. The van der Waals surface area contributed by atoms with Crippen LogP contribution in [0.15, 0.2) is 53.4 Å². The van der Waals surface area contributed by atoms with Crippen LogP contribution in [0.2, 0.25) is 5.02 Å². The van der Waals surface area contributed by atoms with Crippen molar-refractivity contribution in [1.29, 1.82) is 0 Å². The molecule has 0 bridgehead atoms. The molecule has 1 N–H and O–H groups in total. The molecular weight excluding hydrogens is 312 g/mol. The highest BCUT2D eigenvalue weighted by molar-refractivity contribution is 7.85. The fraction of sp³-hybridized carbons (Fsp3) is 0.133. The lowest BCUT2D eigenvalue weighted by molar-refractivity contribution is 0.0697. The molecule has 2 aromatic carbocycles. The monoisotopic (exact) mass is 324 g/mol. The van der Waals surface area contributed by atoms with Crippen LogP contribution < -0.4 is 4.74 Å². The normalized spacial score (nSPS) is 11.9. The number of ether oxygens (including phenoxy) is 1. The number of rotatable bonds is 6. The second-order valence-corrected chi connectivity index (χ2v) is 6.14. The molecule has 0 saturated heterocycles. The molecule has 0 spiro atoms. The van der Waals surface area contributed by atoms with E-state index in [0.29, 0.717) is 10.6 Å². The number of carboxylic acids is 1. The standard InChI is InChI=1S/C15H13ClO4S/c16-14-7-6-12(10-13(14)15(17)18)21(19)9-8-20-11-4-2-1-3-5-11/h1-7,10H,8-9H2,(H,17,18). The van der Waals surface area contributed by atoms with E-state index in [1.807, 2.05) is 30.3 Å². The van der Waals surface area contributed by atoms with Crippen LogP contribution in [-0.4, -0.2) is 27.6 Å². The maximum atomic E-state index is 12.1. The van der Waals surface area contributed by atoms with E-state index in [0.717, 1.165) is 0 Å². The van der Waals surface area contributed by atoms with Crippen LogP contribution in [0.3, 0.4) is 0 Å². The highest BCUT2D eigenvalue weighted by Gasteiger charge is 2.12.